The molecule has 0 spiro atoms. The molecule has 2 aromatic heterocycles. The van der Waals surface area contributed by atoms with Crippen molar-refractivity contribution in [1.82, 2.24) is 19.5 Å². The lowest BCUT2D eigenvalue weighted by molar-refractivity contribution is -0.127. The standard InChI is InChI=1S/C27H28Cl2N6O3/c1-27(25(30)36)11-13-34(14-12-27)23-21-24(33-26(32-23)38-16-15-37-2)35(18-9-7-17(28)8-10-18)22(31-21)19-5-3-4-6-20(19)29/h3-10H,11-16H2,1-2H3,(H2,30,36). The van der Waals surface area contributed by atoms with Crippen LogP contribution in [0.25, 0.3) is 28.2 Å². The van der Waals surface area contributed by atoms with Gasteiger partial charge in [0.2, 0.25) is 5.91 Å². The summed E-state index contributed by atoms with van der Waals surface area (Å²) in [5.41, 5.74) is 7.83. The van der Waals surface area contributed by atoms with Crippen LogP contribution in [0.3, 0.4) is 0 Å². The monoisotopic (exact) mass is 554 g/mol. The molecule has 1 fully saturated rings. The summed E-state index contributed by atoms with van der Waals surface area (Å²) in [6.45, 7) is 3.75. The Morgan fingerprint density at radius 2 is 1.74 bits per heavy atom. The number of ether oxygens (including phenoxy) is 2. The maximum absolute atomic E-state index is 12.1. The molecule has 11 heteroatoms. The van der Waals surface area contributed by atoms with Crippen molar-refractivity contribution in [2.75, 3.05) is 38.3 Å². The highest BCUT2D eigenvalue weighted by molar-refractivity contribution is 6.33. The second-order valence-electron chi connectivity index (χ2n) is 9.48. The van der Waals surface area contributed by atoms with Crippen molar-refractivity contribution in [3.05, 3.63) is 58.6 Å². The Kier molecular flexibility index (Phi) is 7.43. The number of aromatic nitrogens is 4. The van der Waals surface area contributed by atoms with Crippen LogP contribution in [-0.4, -0.2) is 58.8 Å². The molecular formula is C27H28Cl2N6O3. The van der Waals surface area contributed by atoms with Crippen LogP contribution in [0.4, 0.5) is 5.82 Å². The van der Waals surface area contributed by atoms with Gasteiger partial charge in [0.1, 0.15) is 12.4 Å². The highest BCUT2D eigenvalue weighted by Crippen LogP contribution is 2.38. The lowest BCUT2D eigenvalue weighted by Gasteiger charge is -2.37. The van der Waals surface area contributed by atoms with Crippen molar-refractivity contribution in [3.8, 4) is 23.1 Å². The Hall–Kier alpha value is -3.40. The number of primary amides is 1. The molecule has 1 aliphatic rings. The molecule has 38 heavy (non-hydrogen) atoms. The molecule has 3 heterocycles. The molecule has 0 radical (unpaired) electrons. The molecule has 0 bridgehead atoms. The number of hydrogen-bond donors (Lipinski definition) is 1. The third-order valence-corrected chi connectivity index (χ3v) is 7.53. The number of imidazole rings is 1. The molecule has 5 rings (SSSR count). The zero-order valence-corrected chi connectivity index (χ0v) is 22.7. The molecule has 0 unspecified atom stereocenters. The van der Waals surface area contributed by atoms with Crippen molar-refractivity contribution >= 4 is 46.1 Å². The molecule has 2 aromatic carbocycles. The van der Waals surface area contributed by atoms with Gasteiger partial charge in [-0.1, -0.05) is 42.3 Å². The fourth-order valence-corrected chi connectivity index (χ4v) is 4.89. The Balaban J connectivity index is 1.72. The number of methoxy groups -OCH3 is 1. The van der Waals surface area contributed by atoms with Gasteiger partial charge in [-0.2, -0.15) is 9.97 Å². The van der Waals surface area contributed by atoms with Crippen molar-refractivity contribution in [3.63, 3.8) is 0 Å². The van der Waals surface area contributed by atoms with Crippen molar-refractivity contribution in [2.45, 2.75) is 19.8 Å². The van der Waals surface area contributed by atoms with E-state index >= 15 is 0 Å². The number of fused-ring (bicyclic) bond motifs is 1. The molecule has 198 valence electrons. The van der Waals surface area contributed by atoms with Gasteiger partial charge in [-0.25, -0.2) is 4.98 Å². The predicted octanol–water partition coefficient (Wildman–Crippen LogP) is 4.91. The van der Waals surface area contributed by atoms with Gasteiger partial charge in [-0.05, 0) is 49.2 Å². The number of hydrogen-bond acceptors (Lipinski definition) is 7. The second kappa shape index (κ2) is 10.8. The highest BCUT2D eigenvalue weighted by Gasteiger charge is 2.37. The number of nitrogens with zero attached hydrogens (tertiary/aromatic N) is 5. The second-order valence-corrected chi connectivity index (χ2v) is 10.3. The summed E-state index contributed by atoms with van der Waals surface area (Å²) >= 11 is 12.8. The molecule has 9 nitrogen and oxygen atoms in total. The average Bonchev–Trinajstić information content (AvgIpc) is 3.29. The van der Waals surface area contributed by atoms with E-state index in [-0.39, 0.29) is 18.5 Å². The summed E-state index contributed by atoms with van der Waals surface area (Å²) in [5.74, 6) is 0.938. The van der Waals surface area contributed by atoms with Crippen LogP contribution in [0, 0.1) is 5.41 Å². The fraction of sp³-hybridized carbons (Fsp3) is 0.333. The molecule has 2 N–H and O–H groups in total. The molecule has 0 saturated carbocycles. The van der Waals surface area contributed by atoms with Crippen LogP contribution in [0.5, 0.6) is 6.01 Å². The van der Waals surface area contributed by atoms with Gasteiger partial charge in [0.15, 0.2) is 17.0 Å². The molecule has 0 aliphatic carbocycles. The predicted molar refractivity (Wildman–Crippen MR) is 148 cm³/mol. The first-order valence-corrected chi connectivity index (χ1v) is 13.0. The number of benzene rings is 2. The van der Waals surface area contributed by atoms with Gasteiger partial charge in [-0.15, -0.1) is 0 Å². The van der Waals surface area contributed by atoms with E-state index in [1.165, 1.54) is 0 Å². The van der Waals surface area contributed by atoms with E-state index in [0.717, 1.165) is 11.3 Å². The lowest BCUT2D eigenvalue weighted by Crippen LogP contribution is -2.45. The largest absolute Gasteiger partial charge is 0.461 e. The minimum absolute atomic E-state index is 0.202. The molecular weight excluding hydrogens is 527 g/mol. The first-order chi connectivity index (χ1) is 18.3. The zero-order valence-electron chi connectivity index (χ0n) is 21.2. The lowest BCUT2D eigenvalue weighted by atomic mass is 9.80. The number of amides is 1. The number of rotatable bonds is 8. The van der Waals surface area contributed by atoms with E-state index in [0.29, 0.717) is 65.4 Å². The van der Waals surface area contributed by atoms with E-state index in [1.54, 1.807) is 7.11 Å². The fourth-order valence-electron chi connectivity index (χ4n) is 4.54. The Morgan fingerprint density at radius 3 is 2.39 bits per heavy atom. The van der Waals surface area contributed by atoms with Crippen LogP contribution < -0.4 is 15.4 Å². The minimum Gasteiger partial charge on any atom is -0.461 e. The van der Waals surface area contributed by atoms with Crippen LogP contribution >= 0.6 is 23.2 Å². The Bertz CT molecular complexity index is 1470. The number of nitrogens with two attached hydrogens (primary N) is 1. The maximum Gasteiger partial charge on any atom is 0.320 e. The van der Waals surface area contributed by atoms with Crippen molar-refractivity contribution < 1.29 is 14.3 Å². The first kappa shape index (κ1) is 26.2. The van der Waals surface area contributed by atoms with Crippen LogP contribution in [0.15, 0.2) is 48.5 Å². The van der Waals surface area contributed by atoms with E-state index < -0.39 is 5.41 Å². The molecule has 1 saturated heterocycles. The number of anilines is 1. The summed E-state index contributed by atoms with van der Waals surface area (Å²) in [6, 6.07) is 15.1. The van der Waals surface area contributed by atoms with Crippen LogP contribution in [0.1, 0.15) is 19.8 Å². The summed E-state index contributed by atoms with van der Waals surface area (Å²) in [7, 11) is 1.60. The van der Waals surface area contributed by atoms with Gasteiger partial charge in [0.05, 0.1) is 11.6 Å². The quantitative estimate of drug-likeness (QED) is 0.308. The van der Waals surface area contributed by atoms with Crippen LogP contribution in [0.2, 0.25) is 10.0 Å². The third-order valence-electron chi connectivity index (χ3n) is 6.95. The molecule has 4 aromatic rings. The molecule has 1 amide bonds. The average molecular weight is 555 g/mol. The van der Waals surface area contributed by atoms with E-state index in [4.69, 9.17) is 53.4 Å². The normalized spacial score (nSPS) is 15.1. The number of halogens is 2. The Labute approximate surface area is 230 Å². The topological polar surface area (TPSA) is 108 Å². The van der Waals surface area contributed by atoms with E-state index in [2.05, 4.69) is 4.90 Å². The summed E-state index contributed by atoms with van der Waals surface area (Å²) < 4.78 is 12.9. The first-order valence-electron chi connectivity index (χ1n) is 12.3. The SMILES string of the molecule is COCCOc1nc(N2CCC(C)(C(N)=O)CC2)c2nc(-c3ccccc3Cl)n(-c3ccc(Cl)cc3)c2n1. The van der Waals surface area contributed by atoms with Gasteiger partial charge >= 0.3 is 6.01 Å². The van der Waals surface area contributed by atoms with E-state index in [1.807, 2.05) is 60.0 Å². The van der Waals surface area contributed by atoms with Gasteiger partial charge in [0, 0.05) is 41.9 Å². The zero-order chi connectivity index (χ0) is 26.9. The van der Waals surface area contributed by atoms with Crippen molar-refractivity contribution in [1.29, 1.82) is 0 Å². The van der Waals surface area contributed by atoms with Crippen molar-refractivity contribution in [2.24, 2.45) is 11.1 Å². The Morgan fingerprint density at radius 1 is 1.03 bits per heavy atom. The number of piperidine rings is 1. The smallest absolute Gasteiger partial charge is 0.320 e. The van der Waals surface area contributed by atoms with Gasteiger partial charge in [-0.3, -0.25) is 9.36 Å². The highest BCUT2D eigenvalue weighted by atomic mass is 35.5. The summed E-state index contributed by atoms with van der Waals surface area (Å²) in [4.78, 5) is 28.7. The maximum atomic E-state index is 12.1. The molecule has 0 atom stereocenters. The van der Waals surface area contributed by atoms with Gasteiger partial charge in [0.25, 0.3) is 0 Å². The van der Waals surface area contributed by atoms with Crippen LogP contribution in [-0.2, 0) is 9.53 Å². The summed E-state index contributed by atoms with van der Waals surface area (Å²) in [5, 5.41) is 1.17. The van der Waals surface area contributed by atoms with E-state index in [9.17, 15) is 4.79 Å². The third kappa shape index (κ3) is 5.01. The molecule has 1 aliphatic heterocycles. The minimum atomic E-state index is -0.564. The number of carbonyl (C=O) groups excluding carboxylic acids is 1. The summed E-state index contributed by atoms with van der Waals surface area (Å²) in [6.07, 6.45) is 1.20. The number of carbonyl (C=O) groups is 1. The van der Waals surface area contributed by atoms with Gasteiger partial charge < -0.3 is 20.1 Å².